The van der Waals surface area contributed by atoms with Crippen LogP contribution in [0.25, 0.3) is 0 Å². The van der Waals surface area contributed by atoms with E-state index in [1.54, 1.807) is 0 Å². The second kappa shape index (κ2) is 5.48. The summed E-state index contributed by atoms with van der Waals surface area (Å²) in [5.41, 5.74) is 10.00. The Morgan fingerprint density at radius 1 is 1.25 bits per heavy atom. The van der Waals surface area contributed by atoms with Crippen LogP contribution in [0.4, 0.5) is 0 Å². The molecule has 16 heavy (non-hydrogen) atoms. The molecule has 90 valence electrons. The summed E-state index contributed by atoms with van der Waals surface area (Å²) in [5, 5.41) is 3.59. The standard InChI is InChI=1S/C12H22N4/c13-9-5-1-2-6-10(9)15-11-7-3-4-8-12(11)16-14/h2,6,8-11,15-16H,1,3-5,7,13-14H2. The predicted octanol–water partition coefficient (Wildman–Crippen LogP) is 0.522. The van der Waals surface area contributed by atoms with Gasteiger partial charge >= 0.3 is 0 Å². The number of allylic oxidation sites excluding steroid dienone is 2. The molecule has 0 bridgehead atoms. The molecule has 3 atom stereocenters. The first kappa shape index (κ1) is 11.6. The van der Waals surface area contributed by atoms with Gasteiger partial charge in [0.1, 0.15) is 0 Å². The van der Waals surface area contributed by atoms with E-state index in [4.69, 9.17) is 11.6 Å². The summed E-state index contributed by atoms with van der Waals surface area (Å²) in [6, 6.07) is 0.845. The summed E-state index contributed by atoms with van der Waals surface area (Å²) >= 11 is 0. The Labute approximate surface area is 97.1 Å². The molecule has 0 saturated carbocycles. The van der Waals surface area contributed by atoms with Gasteiger partial charge < -0.3 is 16.5 Å². The van der Waals surface area contributed by atoms with Crippen LogP contribution >= 0.6 is 0 Å². The van der Waals surface area contributed by atoms with Crippen LogP contribution in [0.5, 0.6) is 0 Å². The molecule has 2 rings (SSSR count). The van der Waals surface area contributed by atoms with E-state index in [1.807, 2.05) is 0 Å². The average Bonchev–Trinajstić information content (AvgIpc) is 2.33. The van der Waals surface area contributed by atoms with E-state index in [0.29, 0.717) is 6.04 Å². The van der Waals surface area contributed by atoms with E-state index >= 15 is 0 Å². The molecule has 0 amide bonds. The Balaban J connectivity index is 1.97. The third-order valence-electron chi connectivity index (χ3n) is 3.47. The van der Waals surface area contributed by atoms with Crippen molar-refractivity contribution in [1.29, 1.82) is 0 Å². The lowest BCUT2D eigenvalue weighted by atomic mass is 9.93. The van der Waals surface area contributed by atoms with Crippen molar-refractivity contribution in [3.05, 3.63) is 23.9 Å². The van der Waals surface area contributed by atoms with Gasteiger partial charge in [-0.15, -0.1) is 0 Å². The Morgan fingerprint density at radius 2 is 2.12 bits per heavy atom. The van der Waals surface area contributed by atoms with Gasteiger partial charge in [-0.3, -0.25) is 5.84 Å². The largest absolute Gasteiger partial charge is 0.327 e. The molecule has 0 aliphatic heterocycles. The van der Waals surface area contributed by atoms with Gasteiger partial charge in [0.05, 0.1) is 0 Å². The van der Waals surface area contributed by atoms with Gasteiger partial charge in [-0.05, 0) is 32.1 Å². The van der Waals surface area contributed by atoms with Crippen molar-refractivity contribution in [2.75, 3.05) is 0 Å². The van der Waals surface area contributed by atoms with E-state index in [9.17, 15) is 0 Å². The van der Waals surface area contributed by atoms with E-state index in [-0.39, 0.29) is 12.1 Å². The molecule has 2 aliphatic carbocycles. The smallest absolute Gasteiger partial charge is 0.0485 e. The van der Waals surface area contributed by atoms with Crippen molar-refractivity contribution >= 4 is 0 Å². The fourth-order valence-electron chi connectivity index (χ4n) is 2.48. The quantitative estimate of drug-likeness (QED) is 0.319. The number of hydrazine groups is 1. The summed E-state index contributed by atoms with van der Waals surface area (Å²) in [5.74, 6) is 5.53. The molecule has 0 fully saturated rings. The maximum Gasteiger partial charge on any atom is 0.0485 e. The molecule has 0 aromatic rings. The topological polar surface area (TPSA) is 76.1 Å². The van der Waals surface area contributed by atoms with Crippen LogP contribution in [0.3, 0.4) is 0 Å². The van der Waals surface area contributed by atoms with Crippen molar-refractivity contribution in [3.63, 3.8) is 0 Å². The minimum absolute atomic E-state index is 0.228. The van der Waals surface area contributed by atoms with Gasteiger partial charge in [0, 0.05) is 23.8 Å². The van der Waals surface area contributed by atoms with Crippen LogP contribution in [0.15, 0.2) is 23.9 Å². The van der Waals surface area contributed by atoms with Crippen molar-refractivity contribution in [1.82, 2.24) is 10.7 Å². The number of rotatable bonds is 3. The molecule has 2 aliphatic rings. The Bertz CT molecular complexity index is 285. The van der Waals surface area contributed by atoms with Crippen LogP contribution in [0.2, 0.25) is 0 Å². The first-order valence-corrected chi connectivity index (χ1v) is 6.16. The number of nitrogens with one attached hydrogen (secondary N) is 2. The van der Waals surface area contributed by atoms with Gasteiger partial charge in [0.2, 0.25) is 0 Å². The first-order chi connectivity index (χ1) is 7.81. The number of nitrogens with two attached hydrogens (primary N) is 2. The third-order valence-corrected chi connectivity index (χ3v) is 3.47. The van der Waals surface area contributed by atoms with E-state index in [2.05, 4.69) is 29.0 Å². The Kier molecular flexibility index (Phi) is 3.98. The second-order valence-corrected chi connectivity index (χ2v) is 4.65. The molecule has 0 aromatic carbocycles. The summed E-state index contributed by atoms with van der Waals surface area (Å²) in [7, 11) is 0. The fraction of sp³-hybridized carbons (Fsp3) is 0.667. The highest BCUT2D eigenvalue weighted by Crippen LogP contribution is 2.18. The van der Waals surface area contributed by atoms with E-state index in [0.717, 1.165) is 31.4 Å². The molecule has 4 nitrogen and oxygen atoms in total. The highest BCUT2D eigenvalue weighted by molar-refractivity contribution is 5.14. The third kappa shape index (κ3) is 2.64. The molecule has 4 heteroatoms. The van der Waals surface area contributed by atoms with Gasteiger partial charge in [0.25, 0.3) is 0 Å². The lowest BCUT2D eigenvalue weighted by molar-refractivity contribution is 0.388. The van der Waals surface area contributed by atoms with Gasteiger partial charge in [-0.25, -0.2) is 0 Å². The SMILES string of the molecule is NNC1=CCCCC1NC1C=CCCC1N. The molecule has 0 radical (unpaired) electrons. The molecule has 0 aromatic heterocycles. The minimum Gasteiger partial charge on any atom is -0.327 e. The highest BCUT2D eigenvalue weighted by atomic mass is 15.2. The predicted molar refractivity (Wildman–Crippen MR) is 66.3 cm³/mol. The molecule has 0 spiro atoms. The monoisotopic (exact) mass is 222 g/mol. The van der Waals surface area contributed by atoms with Crippen molar-refractivity contribution in [2.24, 2.45) is 11.6 Å². The summed E-state index contributed by atoms with van der Waals surface area (Å²) < 4.78 is 0. The maximum absolute atomic E-state index is 6.10. The summed E-state index contributed by atoms with van der Waals surface area (Å²) in [6.45, 7) is 0. The van der Waals surface area contributed by atoms with Crippen LogP contribution < -0.4 is 22.3 Å². The van der Waals surface area contributed by atoms with Crippen molar-refractivity contribution < 1.29 is 0 Å². The van der Waals surface area contributed by atoms with Crippen molar-refractivity contribution in [2.45, 2.75) is 50.2 Å². The van der Waals surface area contributed by atoms with E-state index < -0.39 is 0 Å². The Hall–Kier alpha value is -0.840. The lowest BCUT2D eigenvalue weighted by Gasteiger charge is -2.32. The van der Waals surface area contributed by atoms with Gasteiger partial charge in [-0.1, -0.05) is 18.2 Å². The van der Waals surface area contributed by atoms with Crippen LogP contribution in [-0.2, 0) is 0 Å². The summed E-state index contributed by atoms with van der Waals surface area (Å²) in [6.07, 6.45) is 12.2. The molecular formula is C12H22N4. The van der Waals surface area contributed by atoms with Crippen LogP contribution in [0, 0.1) is 0 Å². The second-order valence-electron chi connectivity index (χ2n) is 4.65. The minimum atomic E-state index is 0.228. The fourth-order valence-corrected chi connectivity index (χ4v) is 2.48. The lowest BCUT2D eigenvalue weighted by Crippen LogP contribution is -2.52. The first-order valence-electron chi connectivity index (χ1n) is 6.16. The summed E-state index contributed by atoms with van der Waals surface area (Å²) in [4.78, 5) is 0. The van der Waals surface area contributed by atoms with Crippen LogP contribution in [-0.4, -0.2) is 18.1 Å². The maximum atomic E-state index is 6.10. The number of hydrogen-bond acceptors (Lipinski definition) is 4. The molecular weight excluding hydrogens is 200 g/mol. The highest BCUT2D eigenvalue weighted by Gasteiger charge is 2.24. The average molecular weight is 222 g/mol. The Morgan fingerprint density at radius 3 is 2.88 bits per heavy atom. The zero-order valence-corrected chi connectivity index (χ0v) is 9.65. The molecule has 0 saturated heterocycles. The van der Waals surface area contributed by atoms with Gasteiger partial charge in [0.15, 0.2) is 0 Å². The number of hydrogen-bond donors (Lipinski definition) is 4. The molecule has 6 N–H and O–H groups in total. The van der Waals surface area contributed by atoms with Gasteiger partial charge in [-0.2, -0.15) is 0 Å². The molecule has 0 heterocycles. The van der Waals surface area contributed by atoms with E-state index in [1.165, 1.54) is 6.42 Å². The van der Waals surface area contributed by atoms with Crippen molar-refractivity contribution in [3.8, 4) is 0 Å². The zero-order chi connectivity index (χ0) is 11.4. The zero-order valence-electron chi connectivity index (χ0n) is 9.65. The normalized spacial score (nSPS) is 34.6. The van der Waals surface area contributed by atoms with Crippen LogP contribution in [0.1, 0.15) is 32.1 Å². The molecule has 3 unspecified atom stereocenters.